The van der Waals surface area contributed by atoms with E-state index in [1.165, 1.54) is 6.26 Å². The molecule has 0 fully saturated rings. The van der Waals surface area contributed by atoms with Crippen molar-refractivity contribution in [3.63, 3.8) is 0 Å². The molecule has 24 heavy (non-hydrogen) atoms. The molecule has 3 aromatic rings. The minimum Gasteiger partial charge on any atom is -0.459 e. The van der Waals surface area contributed by atoms with Crippen LogP contribution in [-0.2, 0) is 6.61 Å². The summed E-state index contributed by atoms with van der Waals surface area (Å²) >= 11 is 1.16. The predicted octanol–water partition coefficient (Wildman–Crippen LogP) is 3.34. The molecule has 122 valence electrons. The lowest BCUT2D eigenvalue weighted by Crippen LogP contribution is -2.10. The molecule has 0 aliphatic rings. The molecule has 6 nitrogen and oxygen atoms in total. The summed E-state index contributed by atoms with van der Waals surface area (Å²) in [5.74, 6) is -0.451. The van der Waals surface area contributed by atoms with Crippen LogP contribution in [0.25, 0.3) is 0 Å². The number of hydrogen-bond donors (Lipinski definition) is 3. The van der Waals surface area contributed by atoms with Crippen LogP contribution in [0.1, 0.15) is 25.8 Å². The average molecular weight is 342 g/mol. The van der Waals surface area contributed by atoms with Crippen molar-refractivity contribution in [2.75, 3.05) is 10.6 Å². The second-order valence-corrected chi connectivity index (χ2v) is 5.99. The summed E-state index contributed by atoms with van der Waals surface area (Å²) < 4.78 is 5.02. The maximum atomic E-state index is 12.2. The van der Waals surface area contributed by atoms with Crippen molar-refractivity contribution in [1.82, 2.24) is 0 Å². The van der Waals surface area contributed by atoms with E-state index in [0.717, 1.165) is 11.3 Å². The number of hydrogen-bond acceptors (Lipinski definition) is 5. The number of rotatable bonds is 5. The summed E-state index contributed by atoms with van der Waals surface area (Å²) in [4.78, 5) is 24.6. The van der Waals surface area contributed by atoms with Crippen molar-refractivity contribution in [1.29, 1.82) is 0 Å². The number of aliphatic hydroxyl groups is 1. The van der Waals surface area contributed by atoms with Gasteiger partial charge in [-0.25, -0.2) is 0 Å². The zero-order valence-corrected chi connectivity index (χ0v) is 13.3. The Labute approximate surface area is 141 Å². The topological polar surface area (TPSA) is 91.6 Å². The molecule has 1 aromatic carbocycles. The van der Waals surface area contributed by atoms with Crippen LogP contribution in [-0.4, -0.2) is 16.9 Å². The van der Waals surface area contributed by atoms with E-state index in [0.29, 0.717) is 21.1 Å². The van der Waals surface area contributed by atoms with Gasteiger partial charge in [0.2, 0.25) is 0 Å². The van der Waals surface area contributed by atoms with Gasteiger partial charge in [0.15, 0.2) is 5.76 Å². The van der Waals surface area contributed by atoms with Gasteiger partial charge in [-0.2, -0.15) is 0 Å². The fourth-order valence-electron chi connectivity index (χ4n) is 2.05. The van der Waals surface area contributed by atoms with Crippen molar-refractivity contribution in [3.8, 4) is 0 Å². The summed E-state index contributed by atoms with van der Waals surface area (Å²) in [6.07, 6.45) is 1.42. The highest BCUT2D eigenvalue weighted by atomic mass is 32.1. The number of amides is 2. The lowest BCUT2D eigenvalue weighted by Gasteiger charge is -2.05. The number of benzene rings is 1. The van der Waals surface area contributed by atoms with E-state index < -0.39 is 0 Å². The fraction of sp³-hybridized carbons (Fsp3) is 0.0588. The summed E-state index contributed by atoms with van der Waals surface area (Å²) in [5.41, 5.74) is 1.31. The molecule has 2 heterocycles. The zero-order valence-electron chi connectivity index (χ0n) is 12.5. The molecule has 0 aliphatic carbocycles. The van der Waals surface area contributed by atoms with Gasteiger partial charge in [-0.15, -0.1) is 11.3 Å². The van der Waals surface area contributed by atoms with Crippen LogP contribution in [0.15, 0.2) is 59.2 Å². The lowest BCUT2D eigenvalue weighted by atomic mass is 10.2. The molecule has 2 aromatic heterocycles. The molecular weight excluding hydrogens is 328 g/mol. The van der Waals surface area contributed by atoms with Crippen LogP contribution in [0, 0.1) is 0 Å². The lowest BCUT2D eigenvalue weighted by molar-refractivity contribution is 0.0995. The molecule has 7 heteroatoms. The minimum atomic E-state index is -0.371. The van der Waals surface area contributed by atoms with Crippen molar-refractivity contribution < 1.29 is 19.1 Å². The smallest absolute Gasteiger partial charge is 0.291 e. The van der Waals surface area contributed by atoms with Crippen LogP contribution in [0.2, 0.25) is 0 Å². The maximum Gasteiger partial charge on any atom is 0.291 e. The van der Waals surface area contributed by atoms with E-state index in [1.54, 1.807) is 48.5 Å². The molecule has 2 amide bonds. The molecule has 0 spiro atoms. The van der Waals surface area contributed by atoms with E-state index in [9.17, 15) is 9.59 Å². The molecule has 0 saturated heterocycles. The number of aliphatic hydroxyl groups excluding tert-OH is 1. The Morgan fingerprint density at radius 1 is 1.04 bits per heavy atom. The van der Waals surface area contributed by atoms with E-state index in [2.05, 4.69) is 10.6 Å². The highest BCUT2D eigenvalue weighted by Gasteiger charge is 2.13. The molecule has 0 aliphatic heterocycles. The fourth-order valence-corrected chi connectivity index (χ4v) is 2.85. The van der Waals surface area contributed by atoms with Crippen molar-refractivity contribution in [2.45, 2.75) is 6.61 Å². The first-order valence-corrected chi connectivity index (χ1v) is 7.93. The minimum absolute atomic E-state index is 0.0916. The van der Waals surface area contributed by atoms with Crippen LogP contribution >= 0.6 is 11.3 Å². The Morgan fingerprint density at radius 3 is 2.67 bits per heavy atom. The van der Waals surface area contributed by atoms with Gasteiger partial charge in [0.05, 0.1) is 22.7 Å². The van der Waals surface area contributed by atoms with Crippen LogP contribution in [0.5, 0.6) is 0 Å². The van der Waals surface area contributed by atoms with Crippen LogP contribution in [0.3, 0.4) is 0 Å². The first-order chi connectivity index (χ1) is 11.7. The van der Waals surface area contributed by atoms with Gasteiger partial charge >= 0.3 is 0 Å². The summed E-state index contributed by atoms with van der Waals surface area (Å²) in [7, 11) is 0. The van der Waals surface area contributed by atoms with Gasteiger partial charge in [-0.05, 0) is 42.0 Å². The molecule has 0 radical (unpaired) electrons. The number of furan rings is 1. The molecule has 3 N–H and O–H groups in total. The van der Waals surface area contributed by atoms with E-state index >= 15 is 0 Å². The van der Waals surface area contributed by atoms with Crippen LogP contribution < -0.4 is 10.6 Å². The van der Waals surface area contributed by atoms with Crippen molar-refractivity contribution in [3.05, 3.63) is 71.0 Å². The van der Waals surface area contributed by atoms with E-state index in [4.69, 9.17) is 9.52 Å². The Morgan fingerprint density at radius 2 is 1.92 bits per heavy atom. The van der Waals surface area contributed by atoms with Gasteiger partial charge in [-0.3, -0.25) is 9.59 Å². The van der Waals surface area contributed by atoms with Gasteiger partial charge < -0.3 is 20.2 Å². The standard InChI is InChI=1S/C17H14N2O4S/c20-10-11-3-1-4-12(9-11)18-17(22)14-6-7-15(24-14)19-16(21)13-5-2-8-23-13/h1-9,20H,10H2,(H,18,22)(H,19,21). The Balaban J connectivity index is 1.66. The number of carbonyl (C=O) groups is 2. The number of carbonyl (C=O) groups excluding carboxylic acids is 2. The molecule has 0 atom stereocenters. The summed E-state index contributed by atoms with van der Waals surface area (Å²) in [6.45, 7) is -0.0916. The van der Waals surface area contributed by atoms with Crippen molar-refractivity contribution in [2.24, 2.45) is 0 Å². The highest BCUT2D eigenvalue weighted by Crippen LogP contribution is 2.24. The highest BCUT2D eigenvalue weighted by molar-refractivity contribution is 7.18. The third-order valence-electron chi connectivity index (χ3n) is 3.18. The van der Waals surface area contributed by atoms with Crippen molar-refractivity contribution >= 4 is 33.8 Å². The Kier molecular flexibility index (Phi) is 4.74. The molecule has 0 unspecified atom stereocenters. The first kappa shape index (κ1) is 16.0. The monoisotopic (exact) mass is 342 g/mol. The third-order valence-corrected chi connectivity index (χ3v) is 4.18. The number of nitrogens with one attached hydrogen (secondary N) is 2. The largest absolute Gasteiger partial charge is 0.459 e. The molecule has 0 saturated carbocycles. The normalized spacial score (nSPS) is 10.4. The van der Waals surface area contributed by atoms with Gasteiger partial charge in [0.1, 0.15) is 0 Å². The van der Waals surface area contributed by atoms with E-state index in [-0.39, 0.29) is 24.2 Å². The Bertz CT molecular complexity index is 855. The maximum absolute atomic E-state index is 12.2. The number of anilines is 2. The molecular formula is C17H14N2O4S. The third kappa shape index (κ3) is 3.70. The molecule has 3 rings (SSSR count). The summed E-state index contributed by atoms with van der Waals surface area (Å²) in [5, 5.41) is 15.1. The first-order valence-electron chi connectivity index (χ1n) is 7.11. The quantitative estimate of drug-likeness (QED) is 0.663. The number of thiophene rings is 1. The Hall–Kier alpha value is -2.90. The molecule has 0 bridgehead atoms. The van der Waals surface area contributed by atoms with Gasteiger partial charge in [0, 0.05) is 5.69 Å². The van der Waals surface area contributed by atoms with E-state index in [1.807, 2.05) is 0 Å². The van der Waals surface area contributed by atoms with Crippen LogP contribution in [0.4, 0.5) is 10.7 Å². The van der Waals surface area contributed by atoms with Gasteiger partial charge in [0.25, 0.3) is 11.8 Å². The zero-order chi connectivity index (χ0) is 16.9. The second kappa shape index (κ2) is 7.12. The summed E-state index contributed by atoms with van der Waals surface area (Å²) in [6, 6.07) is 13.4. The predicted molar refractivity (Wildman–Crippen MR) is 91.3 cm³/mol. The average Bonchev–Trinajstić information content (AvgIpc) is 3.26. The SMILES string of the molecule is O=C(Nc1ccc(C(=O)Nc2cccc(CO)c2)s1)c1ccco1. The van der Waals surface area contributed by atoms with Gasteiger partial charge in [-0.1, -0.05) is 12.1 Å². The second-order valence-electron chi connectivity index (χ2n) is 4.91.